The van der Waals surface area contributed by atoms with Gasteiger partial charge in [-0.1, -0.05) is 18.2 Å². The lowest BCUT2D eigenvalue weighted by atomic mass is 10.2. The molecule has 116 valence electrons. The Morgan fingerprint density at radius 3 is 2.70 bits per heavy atom. The van der Waals surface area contributed by atoms with E-state index in [9.17, 15) is 9.18 Å². The summed E-state index contributed by atoms with van der Waals surface area (Å²) in [4.78, 5) is 15.8. The highest BCUT2D eigenvalue weighted by Crippen LogP contribution is 2.15. The monoisotopic (exact) mass is 328 g/mol. The number of halogens is 1. The lowest BCUT2D eigenvalue weighted by Gasteiger charge is -2.09. The molecule has 23 heavy (non-hydrogen) atoms. The first-order valence-corrected chi connectivity index (χ1v) is 7.62. The molecule has 0 atom stereocenters. The zero-order chi connectivity index (χ0) is 16.1. The second-order valence-corrected chi connectivity index (χ2v) is 5.47. The fourth-order valence-corrected chi connectivity index (χ4v) is 2.49. The molecule has 5 nitrogen and oxygen atoms in total. The van der Waals surface area contributed by atoms with Crippen LogP contribution in [-0.4, -0.2) is 15.7 Å². The van der Waals surface area contributed by atoms with Crippen molar-refractivity contribution in [1.82, 2.24) is 20.0 Å². The van der Waals surface area contributed by atoms with Crippen LogP contribution in [-0.2, 0) is 0 Å². The number of nitrogens with zero attached hydrogens (tertiary/aromatic N) is 2. The Labute approximate surface area is 136 Å². The van der Waals surface area contributed by atoms with Crippen LogP contribution in [0.5, 0.6) is 0 Å². The molecule has 0 aliphatic heterocycles. The minimum atomic E-state index is -0.593. The van der Waals surface area contributed by atoms with Gasteiger partial charge < -0.3 is 0 Å². The third kappa shape index (κ3) is 3.77. The molecule has 0 saturated heterocycles. The number of aromatic nitrogens is 2. The number of benzene rings is 2. The number of hydrazine groups is 1. The fourth-order valence-electron chi connectivity index (χ4n) is 1.94. The lowest BCUT2D eigenvalue weighted by molar-refractivity contribution is 0.0943. The molecular formula is C16H13FN4OS. The van der Waals surface area contributed by atoms with E-state index in [0.29, 0.717) is 5.69 Å². The van der Waals surface area contributed by atoms with Crippen LogP contribution in [0.4, 0.5) is 4.39 Å². The SMILES string of the molecule is O=C(NNSc1ccccc1)c1cc(-n2cccn2)ccc1F. The van der Waals surface area contributed by atoms with Crippen LogP contribution in [0.3, 0.4) is 0 Å². The molecule has 1 amide bonds. The molecule has 2 aromatic carbocycles. The highest BCUT2D eigenvalue weighted by atomic mass is 32.2. The Hall–Kier alpha value is -2.64. The Morgan fingerprint density at radius 1 is 1.13 bits per heavy atom. The van der Waals surface area contributed by atoms with Gasteiger partial charge in [0.2, 0.25) is 0 Å². The number of hydrogen-bond acceptors (Lipinski definition) is 4. The number of carbonyl (C=O) groups is 1. The van der Waals surface area contributed by atoms with E-state index in [1.165, 1.54) is 24.1 Å². The zero-order valence-corrected chi connectivity index (χ0v) is 12.8. The summed E-state index contributed by atoms with van der Waals surface area (Å²) in [5.74, 6) is -1.15. The van der Waals surface area contributed by atoms with Gasteiger partial charge in [-0.25, -0.2) is 9.07 Å². The van der Waals surface area contributed by atoms with Crippen molar-refractivity contribution in [3.63, 3.8) is 0 Å². The summed E-state index contributed by atoms with van der Waals surface area (Å²) in [6.07, 6.45) is 3.33. The van der Waals surface area contributed by atoms with Crippen molar-refractivity contribution in [2.45, 2.75) is 4.90 Å². The summed E-state index contributed by atoms with van der Waals surface area (Å²) in [7, 11) is 0. The second kappa shape index (κ2) is 7.08. The van der Waals surface area contributed by atoms with E-state index in [2.05, 4.69) is 15.4 Å². The highest BCUT2D eigenvalue weighted by Gasteiger charge is 2.13. The number of rotatable bonds is 5. The van der Waals surface area contributed by atoms with Gasteiger partial charge in [0.15, 0.2) is 0 Å². The fraction of sp³-hybridized carbons (Fsp3) is 0. The lowest BCUT2D eigenvalue weighted by Crippen LogP contribution is -2.33. The molecule has 0 radical (unpaired) electrons. The van der Waals surface area contributed by atoms with E-state index in [-0.39, 0.29) is 5.56 Å². The topological polar surface area (TPSA) is 59.0 Å². The maximum atomic E-state index is 13.9. The predicted octanol–water partition coefficient (Wildman–Crippen LogP) is 2.95. The van der Waals surface area contributed by atoms with Crippen LogP contribution in [0, 0.1) is 5.82 Å². The van der Waals surface area contributed by atoms with Crippen LogP contribution in [0.2, 0.25) is 0 Å². The normalized spacial score (nSPS) is 10.5. The van der Waals surface area contributed by atoms with Crippen LogP contribution in [0.25, 0.3) is 5.69 Å². The summed E-state index contributed by atoms with van der Waals surface area (Å²) in [5.41, 5.74) is 3.02. The first-order chi connectivity index (χ1) is 11.2. The van der Waals surface area contributed by atoms with Crippen molar-refractivity contribution in [2.24, 2.45) is 0 Å². The van der Waals surface area contributed by atoms with E-state index in [4.69, 9.17) is 0 Å². The quantitative estimate of drug-likeness (QED) is 0.558. The molecule has 1 heterocycles. The summed E-state index contributed by atoms with van der Waals surface area (Å²) in [6, 6.07) is 15.5. The third-order valence-corrected chi connectivity index (χ3v) is 3.75. The van der Waals surface area contributed by atoms with E-state index >= 15 is 0 Å². The van der Waals surface area contributed by atoms with Crippen LogP contribution < -0.4 is 10.3 Å². The van der Waals surface area contributed by atoms with Gasteiger partial charge in [-0.15, -0.1) is 0 Å². The molecule has 7 heteroatoms. The molecule has 0 aliphatic carbocycles. The van der Waals surface area contributed by atoms with Crippen LogP contribution >= 0.6 is 11.9 Å². The van der Waals surface area contributed by atoms with E-state index in [0.717, 1.165) is 4.90 Å². The minimum absolute atomic E-state index is 0.0563. The Morgan fingerprint density at radius 2 is 1.96 bits per heavy atom. The maximum absolute atomic E-state index is 13.9. The first-order valence-electron chi connectivity index (χ1n) is 6.81. The average molecular weight is 328 g/mol. The van der Waals surface area contributed by atoms with Crippen molar-refractivity contribution in [3.05, 3.63) is 78.4 Å². The Kier molecular flexibility index (Phi) is 4.70. The first kappa shape index (κ1) is 15.3. The van der Waals surface area contributed by atoms with Crippen molar-refractivity contribution < 1.29 is 9.18 Å². The van der Waals surface area contributed by atoms with Crippen molar-refractivity contribution >= 4 is 17.9 Å². The van der Waals surface area contributed by atoms with Gasteiger partial charge in [0.25, 0.3) is 5.91 Å². The second-order valence-electron chi connectivity index (χ2n) is 4.59. The Bertz CT molecular complexity index is 793. The molecule has 1 aromatic heterocycles. The molecule has 3 aromatic rings. The number of carbonyl (C=O) groups excluding carboxylic acids is 1. The van der Waals surface area contributed by atoms with Gasteiger partial charge in [0.1, 0.15) is 5.82 Å². The highest BCUT2D eigenvalue weighted by molar-refractivity contribution is 7.97. The number of hydrogen-bond donors (Lipinski definition) is 2. The van der Waals surface area contributed by atoms with Gasteiger partial charge in [0, 0.05) is 17.3 Å². The summed E-state index contributed by atoms with van der Waals surface area (Å²) in [5, 5.41) is 4.06. The average Bonchev–Trinajstić information content (AvgIpc) is 3.10. The van der Waals surface area contributed by atoms with E-state index in [1.807, 2.05) is 30.3 Å². The van der Waals surface area contributed by atoms with Crippen LogP contribution in [0.1, 0.15) is 10.4 Å². The predicted molar refractivity (Wildman–Crippen MR) is 86.4 cm³/mol. The smallest absolute Gasteiger partial charge is 0.269 e. The maximum Gasteiger partial charge on any atom is 0.269 e. The molecule has 0 spiro atoms. The molecule has 0 bridgehead atoms. The summed E-state index contributed by atoms with van der Waals surface area (Å²) >= 11 is 1.23. The molecule has 0 fully saturated rings. The third-order valence-electron chi connectivity index (χ3n) is 3.04. The molecule has 3 rings (SSSR count). The van der Waals surface area contributed by atoms with Gasteiger partial charge >= 0.3 is 0 Å². The molecule has 0 saturated carbocycles. The largest absolute Gasteiger partial charge is 0.277 e. The summed E-state index contributed by atoms with van der Waals surface area (Å²) < 4.78 is 15.4. The van der Waals surface area contributed by atoms with Crippen molar-refractivity contribution in [1.29, 1.82) is 0 Å². The molecule has 2 N–H and O–H groups in total. The zero-order valence-electron chi connectivity index (χ0n) is 11.9. The number of nitrogens with one attached hydrogen (secondary N) is 2. The van der Waals surface area contributed by atoms with Gasteiger partial charge in [0.05, 0.1) is 11.3 Å². The van der Waals surface area contributed by atoms with Crippen molar-refractivity contribution in [2.75, 3.05) is 0 Å². The van der Waals surface area contributed by atoms with E-state index < -0.39 is 11.7 Å². The Balaban J connectivity index is 1.68. The van der Waals surface area contributed by atoms with Gasteiger partial charge in [-0.2, -0.15) is 9.93 Å². The minimum Gasteiger partial charge on any atom is -0.277 e. The van der Waals surface area contributed by atoms with Crippen LogP contribution in [0.15, 0.2) is 71.9 Å². The van der Waals surface area contributed by atoms with Crippen molar-refractivity contribution in [3.8, 4) is 5.69 Å². The molecule has 0 unspecified atom stereocenters. The van der Waals surface area contributed by atoms with E-state index in [1.54, 1.807) is 29.2 Å². The van der Waals surface area contributed by atoms with Gasteiger partial charge in [-0.05, 0) is 48.3 Å². The standard InChI is InChI=1S/C16H13FN4OS/c17-15-8-7-12(21-10-4-9-18-21)11-14(15)16(22)19-20-23-13-5-2-1-3-6-13/h1-11,20H,(H,19,22). The number of amides is 1. The summed E-state index contributed by atoms with van der Waals surface area (Å²) in [6.45, 7) is 0. The van der Waals surface area contributed by atoms with Gasteiger partial charge in [-0.3, -0.25) is 10.2 Å². The molecule has 0 aliphatic rings. The molecular weight excluding hydrogens is 315 g/mol.